The minimum atomic E-state index is 0.550. The molecule has 192 valence electrons. The Bertz CT molecular complexity index is 1040. The molecule has 0 bridgehead atoms. The Hall–Kier alpha value is -2.40. The number of rotatable bonds is 2. The third-order valence-corrected chi connectivity index (χ3v) is 8.06. The van der Waals surface area contributed by atoms with Crippen molar-refractivity contribution in [2.45, 2.75) is 0 Å². The maximum Gasteiger partial charge on any atom is 0.298 e. The fourth-order valence-corrected chi connectivity index (χ4v) is 5.99. The Kier molecular flexibility index (Phi) is 9.28. The first kappa shape index (κ1) is 25.3. The van der Waals surface area contributed by atoms with Crippen molar-refractivity contribution >= 4 is 57.8 Å². The number of benzene rings is 2. The molecule has 3 heterocycles. The predicted molar refractivity (Wildman–Crippen MR) is 149 cm³/mol. The quantitative estimate of drug-likeness (QED) is 0.362. The molecule has 5 rings (SSSR count). The molecule has 2 aromatic heterocycles. The topological polar surface area (TPSA) is 77.0 Å². The minimum absolute atomic E-state index is 0.550. The number of aromatic nitrogens is 2. The number of oxazole rings is 2. The molecule has 1 aliphatic rings. The molecule has 10 heteroatoms. The minimum Gasteiger partial charge on any atom is -0.423 e. The Morgan fingerprint density at radius 2 is 1.03 bits per heavy atom. The smallest absolute Gasteiger partial charge is 0.298 e. The van der Waals surface area contributed by atoms with Crippen molar-refractivity contribution in [2.75, 3.05) is 85.4 Å². The molecule has 36 heavy (non-hydrogen) atoms. The highest BCUT2D eigenvalue weighted by Crippen LogP contribution is 2.23. The van der Waals surface area contributed by atoms with Gasteiger partial charge in [0.15, 0.2) is 11.2 Å². The van der Waals surface area contributed by atoms with Crippen LogP contribution in [0.5, 0.6) is 0 Å². The van der Waals surface area contributed by atoms with Gasteiger partial charge in [-0.2, -0.15) is 33.5 Å². The monoisotopic (exact) mass is 528 g/mol. The van der Waals surface area contributed by atoms with E-state index in [2.05, 4.69) is 19.8 Å². The maximum atomic E-state index is 6.01. The van der Waals surface area contributed by atoms with Crippen molar-refractivity contribution in [3.05, 3.63) is 48.5 Å². The van der Waals surface area contributed by atoms with Crippen molar-refractivity contribution in [3.63, 3.8) is 0 Å². The van der Waals surface area contributed by atoms with E-state index in [-0.39, 0.29) is 0 Å². The second kappa shape index (κ2) is 13.2. The summed E-state index contributed by atoms with van der Waals surface area (Å²) in [6, 6.07) is 17.1. The summed E-state index contributed by atoms with van der Waals surface area (Å²) in [4.78, 5) is 13.7. The Morgan fingerprint density at radius 3 is 1.50 bits per heavy atom. The van der Waals surface area contributed by atoms with Crippen LogP contribution < -0.4 is 9.80 Å². The third-order valence-electron chi connectivity index (χ3n) is 5.87. The van der Waals surface area contributed by atoms with Gasteiger partial charge in [0.25, 0.3) is 12.0 Å². The van der Waals surface area contributed by atoms with E-state index in [9.17, 15) is 0 Å². The molecule has 0 atom stereocenters. The number of thioether (sulfide) groups is 2. The first-order valence-corrected chi connectivity index (χ1v) is 14.7. The zero-order valence-electron chi connectivity index (χ0n) is 20.3. The average molecular weight is 529 g/mol. The number of fused-ring (bicyclic) bond motifs is 2. The van der Waals surface area contributed by atoms with Crippen molar-refractivity contribution in [1.82, 2.24) is 9.97 Å². The molecule has 0 aliphatic carbocycles. The number of anilines is 2. The zero-order chi connectivity index (χ0) is 24.4. The largest absolute Gasteiger partial charge is 0.423 e. The second-order valence-electron chi connectivity index (χ2n) is 8.35. The van der Waals surface area contributed by atoms with Crippen LogP contribution in [0.3, 0.4) is 0 Å². The molecule has 0 radical (unpaired) electrons. The second-order valence-corrected chi connectivity index (χ2v) is 10.8. The maximum absolute atomic E-state index is 6.01. The van der Waals surface area contributed by atoms with Crippen LogP contribution in [0, 0.1) is 0 Å². The van der Waals surface area contributed by atoms with E-state index in [4.69, 9.17) is 18.3 Å². The summed E-state index contributed by atoms with van der Waals surface area (Å²) in [6.45, 7) is 5.49. The van der Waals surface area contributed by atoms with Gasteiger partial charge in [-0.15, -0.1) is 0 Å². The van der Waals surface area contributed by atoms with Crippen LogP contribution in [0.1, 0.15) is 0 Å². The summed E-state index contributed by atoms with van der Waals surface area (Å²) < 4.78 is 23.8. The van der Waals surface area contributed by atoms with Gasteiger partial charge in [0.05, 0.1) is 26.4 Å². The van der Waals surface area contributed by atoms with Gasteiger partial charge in [-0.25, -0.2) is 0 Å². The van der Waals surface area contributed by atoms with Crippen molar-refractivity contribution in [1.29, 1.82) is 0 Å². The van der Waals surface area contributed by atoms with Crippen LogP contribution in [-0.4, -0.2) is 85.6 Å². The van der Waals surface area contributed by atoms with E-state index in [1.807, 2.05) is 72.1 Å². The molecular formula is C26H32N4O4S2. The van der Waals surface area contributed by atoms with Crippen molar-refractivity contribution in [2.24, 2.45) is 0 Å². The number of hydrogen-bond acceptors (Lipinski definition) is 10. The predicted octanol–water partition coefficient (Wildman–Crippen LogP) is 4.80. The fourth-order valence-electron chi connectivity index (χ4n) is 3.94. The molecule has 1 fully saturated rings. The van der Waals surface area contributed by atoms with E-state index >= 15 is 0 Å². The number of hydrogen-bond donors (Lipinski definition) is 0. The van der Waals surface area contributed by atoms with Crippen LogP contribution in [0.25, 0.3) is 22.2 Å². The highest BCUT2D eigenvalue weighted by atomic mass is 32.2. The lowest BCUT2D eigenvalue weighted by Gasteiger charge is -2.21. The van der Waals surface area contributed by atoms with Crippen molar-refractivity contribution < 1.29 is 18.3 Å². The molecule has 2 aromatic carbocycles. The summed E-state index contributed by atoms with van der Waals surface area (Å²) in [6.07, 6.45) is 0. The van der Waals surface area contributed by atoms with Gasteiger partial charge in [0.1, 0.15) is 11.0 Å². The molecular weight excluding hydrogens is 496 g/mol. The molecule has 1 aliphatic heterocycles. The molecule has 0 amide bonds. The molecule has 0 spiro atoms. The van der Waals surface area contributed by atoms with Gasteiger partial charge in [-0.1, -0.05) is 24.3 Å². The van der Waals surface area contributed by atoms with Gasteiger partial charge in [0, 0.05) is 49.2 Å². The fraction of sp³-hybridized carbons (Fsp3) is 0.462. The van der Waals surface area contributed by atoms with E-state index in [0.29, 0.717) is 38.5 Å². The molecule has 1 saturated heterocycles. The number of para-hydroxylation sites is 4. The van der Waals surface area contributed by atoms with Crippen LogP contribution >= 0.6 is 23.5 Å². The summed E-state index contributed by atoms with van der Waals surface area (Å²) in [7, 11) is 0. The number of nitrogens with zero attached hydrogens (tertiary/aromatic N) is 4. The molecule has 4 aromatic rings. The first-order valence-electron chi connectivity index (χ1n) is 12.4. The van der Waals surface area contributed by atoms with Crippen LogP contribution in [0.4, 0.5) is 12.0 Å². The lowest BCUT2D eigenvalue weighted by atomic mass is 10.3. The van der Waals surface area contributed by atoms with Gasteiger partial charge < -0.3 is 28.1 Å². The lowest BCUT2D eigenvalue weighted by molar-refractivity contribution is 0.0526. The van der Waals surface area contributed by atoms with Gasteiger partial charge >= 0.3 is 0 Å². The highest BCUT2D eigenvalue weighted by Gasteiger charge is 2.16. The lowest BCUT2D eigenvalue weighted by Crippen LogP contribution is -2.31. The SMILES string of the molecule is c1ccc2oc(N3CCOCCOCCN(c4nc5ccccc5o4)CCSCCSCC3)nc2c1. The summed E-state index contributed by atoms with van der Waals surface area (Å²) in [5.41, 5.74) is 3.41. The van der Waals surface area contributed by atoms with E-state index in [0.717, 1.165) is 71.4 Å². The van der Waals surface area contributed by atoms with Gasteiger partial charge in [0.2, 0.25) is 0 Å². The summed E-state index contributed by atoms with van der Waals surface area (Å²) >= 11 is 3.93. The molecule has 0 N–H and O–H groups in total. The van der Waals surface area contributed by atoms with Gasteiger partial charge in [-0.05, 0) is 24.3 Å². The van der Waals surface area contributed by atoms with Gasteiger partial charge in [-0.3, -0.25) is 0 Å². The third kappa shape index (κ3) is 6.88. The summed E-state index contributed by atoms with van der Waals surface area (Å²) in [5.74, 6) is 4.23. The highest BCUT2D eigenvalue weighted by molar-refractivity contribution is 8.02. The first-order chi connectivity index (χ1) is 17.9. The zero-order valence-corrected chi connectivity index (χ0v) is 22.0. The van der Waals surface area contributed by atoms with Crippen LogP contribution in [0.2, 0.25) is 0 Å². The normalized spacial score (nSPS) is 18.3. The standard InChI is InChI=1S/C26H32N4O4S2/c1-3-7-23-21(5-1)27-25(33-23)29-9-13-31-15-16-32-14-10-30(12-18-36-20-19-35-17-11-29)26-28-22-6-2-4-8-24(22)34-26/h1-8H,9-20H2. The van der Waals surface area contributed by atoms with E-state index in [1.54, 1.807) is 0 Å². The Morgan fingerprint density at radius 1 is 0.556 bits per heavy atom. The van der Waals surface area contributed by atoms with E-state index in [1.165, 1.54) is 0 Å². The Balaban J connectivity index is 1.15. The van der Waals surface area contributed by atoms with Crippen molar-refractivity contribution in [3.8, 4) is 0 Å². The molecule has 0 unspecified atom stereocenters. The van der Waals surface area contributed by atoms with Crippen LogP contribution in [0.15, 0.2) is 57.4 Å². The average Bonchev–Trinajstić information content (AvgIpc) is 3.53. The molecule has 0 saturated carbocycles. The Labute approximate surface area is 219 Å². The molecule has 8 nitrogen and oxygen atoms in total. The summed E-state index contributed by atoms with van der Waals surface area (Å²) in [5, 5.41) is 0. The number of ether oxygens (including phenoxy) is 2. The van der Waals surface area contributed by atoms with E-state index < -0.39 is 0 Å². The van der Waals surface area contributed by atoms with Crippen LogP contribution in [-0.2, 0) is 9.47 Å².